The molecule has 1 aromatic rings. The molecule has 0 saturated carbocycles. The van der Waals surface area contributed by atoms with Gasteiger partial charge in [0, 0.05) is 25.2 Å². The van der Waals surface area contributed by atoms with Gasteiger partial charge in [-0.3, -0.25) is 14.7 Å². The fourth-order valence-electron chi connectivity index (χ4n) is 1.95. The minimum absolute atomic E-state index is 0.221. The van der Waals surface area contributed by atoms with Gasteiger partial charge in [0.15, 0.2) is 0 Å². The minimum Gasteiger partial charge on any atom is -0.349 e. The second kappa shape index (κ2) is 7.40. The van der Waals surface area contributed by atoms with Crippen LogP contribution in [0.2, 0.25) is 5.15 Å². The van der Waals surface area contributed by atoms with E-state index in [1.54, 1.807) is 0 Å². The van der Waals surface area contributed by atoms with Crippen LogP contribution in [0.5, 0.6) is 0 Å². The first-order valence-corrected chi connectivity index (χ1v) is 6.81. The van der Waals surface area contributed by atoms with Crippen molar-refractivity contribution >= 4 is 17.5 Å². The van der Waals surface area contributed by atoms with Crippen LogP contribution in [0.15, 0.2) is 12.4 Å². The van der Waals surface area contributed by atoms with E-state index in [-0.39, 0.29) is 16.8 Å². The van der Waals surface area contributed by atoms with Crippen LogP contribution in [0.1, 0.15) is 38.2 Å². The molecule has 0 atom stereocenters. The van der Waals surface area contributed by atoms with E-state index in [1.807, 2.05) is 0 Å². The van der Waals surface area contributed by atoms with Crippen molar-refractivity contribution in [3.05, 3.63) is 23.2 Å². The van der Waals surface area contributed by atoms with Crippen LogP contribution in [0.3, 0.4) is 0 Å². The van der Waals surface area contributed by atoms with Gasteiger partial charge in [-0.15, -0.1) is 0 Å². The van der Waals surface area contributed by atoms with Gasteiger partial charge in [-0.25, -0.2) is 4.98 Å². The molecule has 0 fully saturated rings. The number of carbonyl (C=O) groups is 1. The summed E-state index contributed by atoms with van der Waals surface area (Å²) < 4.78 is 0. The summed E-state index contributed by atoms with van der Waals surface area (Å²) in [5.74, 6) is -0.248. The minimum atomic E-state index is -0.248. The Kier molecular flexibility index (Phi) is 6.18. The van der Waals surface area contributed by atoms with E-state index in [1.165, 1.54) is 12.4 Å². The highest BCUT2D eigenvalue weighted by atomic mass is 35.5. The van der Waals surface area contributed by atoms with Crippen LogP contribution in [0.4, 0.5) is 0 Å². The second-order valence-electron chi connectivity index (χ2n) is 4.91. The fraction of sp³-hybridized carbons (Fsp3) is 0.615. The van der Waals surface area contributed by atoms with Crippen molar-refractivity contribution in [1.82, 2.24) is 20.2 Å². The van der Waals surface area contributed by atoms with Gasteiger partial charge in [-0.1, -0.05) is 11.6 Å². The molecule has 1 amide bonds. The van der Waals surface area contributed by atoms with Crippen molar-refractivity contribution < 1.29 is 4.79 Å². The average Bonchev–Trinajstić information content (AvgIpc) is 2.33. The van der Waals surface area contributed by atoms with Gasteiger partial charge in [-0.2, -0.15) is 0 Å². The lowest BCUT2D eigenvalue weighted by atomic mass is 10.2. The number of aromatic nitrogens is 2. The zero-order chi connectivity index (χ0) is 14.4. The van der Waals surface area contributed by atoms with E-state index in [0.29, 0.717) is 18.6 Å². The summed E-state index contributed by atoms with van der Waals surface area (Å²) in [6.45, 7) is 9.95. The fourth-order valence-corrected chi connectivity index (χ4v) is 2.10. The third kappa shape index (κ3) is 5.12. The molecule has 6 heteroatoms. The maximum Gasteiger partial charge on any atom is 0.271 e. The van der Waals surface area contributed by atoms with Crippen LogP contribution in [0, 0.1) is 0 Å². The number of amides is 1. The van der Waals surface area contributed by atoms with E-state index in [0.717, 1.165) is 6.54 Å². The normalized spacial score (nSPS) is 11.4. The Morgan fingerprint density at radius 1 is 1.32 bits per heavy atom. The molecule has 1 N–H and O–H groups in total. The van der Waals surface area contributed by atoms with E-state index < -0.39 is 0 Å². The number of nitrogens with zero attached hydrogens (tertiary/aromatic N) is 3. The van der Waals surface area contributed by atoms with E-state index in [2.05, 4.69) is 47.9 Å². The number of halogens is 1. The van der Waals surface area contributed by atoms with Crippen molar-refractivity contribution in [2.45, 2.75) is 39.8 Å². The average molecular weight is 285 g/mol. The Bertz CT molecular complexity index is 415. The summed E-state index contributed by atoms with van der Waals surface area (Å²) in [4.78, 5) is 21.9. The summed E-state index contributed by atoms with van der Waals surface area (Å²) in [6.07, 6.45) is 2.81. The van der Waals surface area contributed by atoms with Gasteiger partial charge >= 0.3 is 0 Å². The van der Waals surface area contributed by atoms with Gasteiger partial charge < -0.3 is 5.32 Å². The number of carbonyl (C=O) groups excluding carboxylic acids is 1. The molecule has 0 aromatic carbocycles. The van der Waals surface area contributed by atoms with Crippen molar-refractivity contribution in [2.24, 2.45) is 0 Å². The molecule has 1 aromatic heterocycles. The Morgan fingerprint density at radius 3 is 2.47 bits per heavy atom. The molecule has 1 heterocycles. The van der Waals surface area contributed by atoms with Gasteiger partial charge in [0.05, 0.1) is 12.4 Å². The molecule has 0 saturated heterocycles. The van der Waals surface area contributed by atoms with E-state index in [9.17, 15) is 4.79 Å². The van der Waals surface area contributed by atoms with Gasteiger partial charge in [0.25, 0.3) is 5.91 Å². The molecule has 5 nitrogen and oxygen atoms in total. The number of hydrogen-bond donors (Lipinski definition) is 1. The highest BCUT2D eigenvalue weighted by molar-refractivity contribution is 6.29. The van der Waals surface area contributed by atoms with Crippen LogP contribution in [-0.4, -0.2) is 45.9 Å². The second-order valence-corrected chi connectivity index (χ2v) is 5.30. The lowest BCUT2D eigenvalue weighted by Crippen LogP contribution is -2.42. The lowest BCUT2D eigenvalue weighted by Gasteiger charge is -2.30. The number of nitrogens with one attached hydrogen (secondary N) is 1. The summed E-state index contributed by atoms with van der Waals surface area (Å²) in [7, 11) is 0. The third-order valence-corrected chi connectivity index (χ3v) is 3.00. The van der Waals surface area contributed by atoms with Crippen molar-refractivity contribution in [3.63, 3.8) is 0 Å². The molecule has 0 aliphatic rings. The van der Waals surface area contributed by atoms with Gasteiger partial charge in [0.1, 0.15) is 10.8 Å². The van der Waals surface area contributed by atoms with Crippen LogP contribution in [-0.2, 0) is 0 Å². The first kappa shape index (κ1) is 15.9. The molecular weight excluding hydrogens is 264 g/mol. The van der Waals surface area contributed by atoms with E-state index in [4.69, 9.17) is 11.6 Å². The zero-order valence-electron chi connectivity index (χ0n) is 11.9. The lowest BCUT2D eigenvalue weighted by molar-refractivity contribution is 0.0934. The molecule has 106 valence electrons. The first-order valence-electron chi connectivity index (χ1n) is 6.43. The molecular formula is C13H21ClN4O. The van der Waals surface area contributed by atoms with Crippen LogP contribution >= 0.6 is 11.6 Å². The molecule has 19 heavy (non-hydrogen) atoms. The summed E-state index contributed by atoms with van der Waals surface area (Å²) in [6, 6.07) is 0.894. The van der Waals surface area contributed by atoms with Crippen LogP contribution in [0.25, 0.3) is 0 Å². The maximum absolute atomic E-state index is 11.8. The quantitative estimate of drug-likeness (QED) is 0.868. The smallest absolute Gasteiger partial charge is 0.271 e. The Labute approximate surface area is 119 Å². The Balaban J connectivity index is 2.47. The highest BCUT2D eigenvalue weighted by Crippen LogP contribution is 2.04. The predicted molar refractivity (Wildman–Crippen MR) is 76.4 cm³/mol. The molecule has 0 bridgehead atoms. The first-order chi connectivity index (χ1) is 8.91. The molecule has 0 unspecified atom stereocenters. The Hall–Kier alpha value is -1.20. The SMILES string of the molecule is CC(C)N(CCNC(=O)c1cncc(Cl)n1)C(C)C. The van der Waals surface area contributed by atoms with E-state index >= 15 is 0 Å². The number of hydrogen-bond acceptors (Lipinski definition) is 4. The monoisotopic (exact) mass is 284 g/mol. The molecule has 0 aliphatic carbocycles. The van der Waals surface area contributed by atoms with Gasteiger partial charge in [-0.05, 0) is 27.7 Å². The summed E-state index contributed by atoms with van der Waals surface area (Å²) in [5, 5.41) is 3.05. The number of rotatable bonds is 6. The zero-order valence-corrected chi connectivity index (χ0v) is 12.6. The summed E-state index contributed by atoms with van der Waals surface area (Å²) >= 11 is 5.69. The van der Waals surface area contributed by atoms with Crippen LogP contribution < -0.4 is 5.32 Å². The van der Waals surface area contributed by atoms with Gasteiger partial charge in [0.2, 0.25) is 0 Å². The molecule has 0 spiro atoms. The largest absolute Gasteiger partial charge is 0.349 e. The van der Waals surface area contributed by atoms with Crippen molar-refractivity contribution in [2.75, 3.05) is 13.1 Å². The molecule has 0 radical (unpaired) electrons. The standard InChI is InChI=1S/C13H21ClN4O/c1-9(2)18(10(3)4)6-5-16-13(19)11-7-15-8-12(14)17-11/h7-10H,5-6H2,1-4H3,(H,16,19). The molecule has 1 rings (SSSR count). The Morgan fingerprint density at radius 2 is 1.95 bits per heavy atom. The summed E-state index contributed by atoms with van der Waals surface area (Å²) in [5.41, 5.74) is 0.244. The maximum atomic E-state index is 11.8. The van der Waals surface area contributed by atoms with Crippen molar-refractivity contribution in [3.8, 4) is 0 Å². The highest BCUT2D eigenvalue weighted by Gasteiger charge is 2.14. The third-order valence-electron chi connectivity index (χ3n) is 2.82. The predicted octanol–water partition coefficient (Wildman–Crippen LogP) is 1.98. The molecule has 0 aliphatic heterocycles. The van der Waals surface area contributed by atoms with Crippen molar-refractivity contribution in [1.29, 1.82) is 0 Å². The topological polar surface area (TPSA) is 58.1 Å².